The van der Waals surface area contributed by atoms with Crippen LogP contribution in [0, 0.1) is 0 Å². The summed E-state index contributed by atoms with van der Waals surface area (Å²) in [4.78, 5) is 12.9. The Hall–Kier alpha value is -2.75. The first-order chi connectivity index (χ1) is 10.1. The Balaban J connectivity index is 2.23. The maximum atomic E-state index is 12.9. The number of carbonyl (C=O) groups is 1. The van der Waals surface area contributed by atoms with E-state index in [-0.39, 0.29) is 5.78 Å². The van der Waals surface area contributed by atoms with Crippen molar-refractivity contribution in [1.82, 2.24) is 4.57 Å². The largest absolute Gasteiger partial charge is 0.496 e. The van der Waals surface area contributed by atoms with Gasteiger partial charge in [-0.3, -0.25) is 4.79 Å². The average Bonchev–Trinajstić information content (AvgIpc) is 2.84. The molecule has 3 aromatic rings. The molecule has 0 aliphatic carbocycles. The second kappa shape index (κ2) is 4.98. The Morgan fingerprint density at radius 3 is 2.67 bits per heavy atom. The highest BCUT2D eigenvalue weighted by molar-refractivity contribution is 6.19. The van der Waals surface area contributed by atoms with Crippen LogP contribution in [0.15, 0.2) is 48.7 Å². The van der Waals surface area contributed by atoms with Crippen LogP contribution in [0.4, 0.5) is 5.69 Å². The number of ketones is 1. The summed E-state index contributed by atoms with van der Waals surface area (Å²) in [5, 5.41) is 0.912. The van der Waals surface area contributed by atoms with Crippen molar-refractivity contribution in [2.75, 3.05) is 12.8 Å². The van der Waals surface area contributed by atoms with Gasteiger partial charge < -0.3 is 15.0 Å². The molecule has 1 aromatic heterocycles. The van der Waals surface area contributed by atoms with Crippen molar-refractivity contribution >= 4 is 22.4 Å². The van der Waals surface area contributed by atoms with E-state index in [9.17, 15) is 4.79 Å². The average molecular weight is 280 g/mol. The van der Waals surface area contributed by atoms with Crippen molar-refractivity contribution in [3.05, 3.63) is 59.8 Å². The molecule has 0 spiro atoms. The molecule has 0 aliphatic heterocycles. The fourth-order valence-corrected chi connectivity index (χ4v) is 2.62. The fraction of sp³-hybridized carbons (Fsp3) is 0.118. The first-order valence-electron chi connectivity index (χ1n) is 6.64. The number of hydrogen-bond acceptors (Lipinski definition) is 3. The van der Waals surface area contributed by atoms with Crippen LogP contribution in [0.1, 0.15) is 15.9 Å². The van der Waals surface area contributed by atoms with Gasteiger partial charge in [0.15, 0.2) is 0 Å². The number of methoxy groups -OCH3 is 1. The van der Waals surface area contributed by atoms with E-state index in [0.29, 0.717) is 22.6 Å². The number of fused-ring (bicyclic) bond motifs is 1. The van der Waals surface area contributed by atoms with Crippen molar-refractivity contribution < 1.29 is 9.53 Å². The Bertz CT molecular complexity index is 834. The standard InChI is InChI=1S/C17H16N2O2/c1-19-10-12(11-6-3-4-8-14(11)19)17(20)16-13(18)7-5-9-15(16)21-2/h3-10H,18H2,1-2H3. The molecule has 0 aliphatic rings. The lowest BCUT2D eigenvalue weighted by molar-refractivity contribution is 0.103. The van der Waals surface area contributed by atoms with Gasteiger partial charge in [0.05, 0.1) is 12.7 Å². The maximum Gasteiger partial charge on any atom is 0.200 e. The van der Waals surface area contributed by atoms with Crippen molar-refractivity contribution in [2.45, 2.75) is 0 Å². The quantitative estimate of drug-likeness (QED) is 0.592. The predicted octanol–water partition coefficient (Wildman–Crippen LogP) is 3.00. The molecule has 0 bridgehead atoms. The number of nitrogen functional groups attached to an aromatic ring is 1. The summed E-state index contributed by atoms with van der Waals surface area (Å²) in [6.45, 7) is 0. The minimum absolute atomic E-state index is 0.123. The minimum Gasteiger partial charge on any atom is -0.496 e. The molecule has 21 heavy (non-hydrogen) atoms. The molecule has 0 unspecified atom stereocenters. The number of rotatable bonds is 3. The lowest BCUT2D eigenvalue weighted by Crippen LogP contribution is -2.07. The molecule has 0 fully saturated rings. The maximum absolute atomic E-state index is 12.9. The topological polar surface area (TPSA) is 57.2 Å². The molecule has 3 rings (SSSR count). The van der Waals surface area contributed by atoms with Gasteiger partial charge in [0, 0.05) is 35.4 Å². The third kappa shape index (κ3) is 2.05. The number of nitrogens with zero attached hydrogens (tertiary/aromatic N) is 1. The Morgan fingerprint density at radius 1 is 1.14 bits per heavy atom. The zero-order chi connectivity index (χ0) is 15.0. The Kier molecular flexibility index (Phi) is 3.14. The summed E-state index contributed by atoms with van der Waals surface area (Å²) in [7, 11) is 3.46. The molecule has 4 heteroatoms. The SMILES string of the molecule is COc1cccc(N)c1C(=O)c1cn(C)c2ccccc12. The Labute approximate surface area is 122 Å². The molecule has 2 N–H and O–H groups in total. The number of aromatic nitrogens is 1. The lowest BCUT2D eigenvalue weighted by Gasteiger charge is -2.09. The van der Waals surface area contributed by atoms with Crippen LogP contribution in [0.5, 0.6) is 5.75 Å². The number of ether oxygens (including phenoxy) is 1. The number of nitrogens with two attached hydrogens (primary N) is 1. The zero-order valence-corrected chi connectivity index (χ0v) is 12.0. The van der Waals surface area contributed by atoms with E-state index in [2.05, 4.69) is 0 Å². The van der Waals surface area contributed by atoms with E-state index in [1.54, 1.807) is 18.2 Å². The van der Waals surface area contributed by atoms with E-state index in [1.807, 2.05) is 42.1 Å². The van der Waals surface area contributed by atoms with E-state index < -0.39 is 0 Å². The number of benzene rings is 2. The van der Waals surface area contributed by atoms with Gasteiger partial charge in [-0.15, -0.1) is 0 Å². The molecule has 0 radical (unpaired) electrons. The van der Waals surface area contributed by atoms with Crippen LogP contribution in [0.2, 0.25) is 0 Å². The summed E-state index contributed by atoms with van der Waals surface area (Å²) in [5.41, 5.74) is 8.45. The minimum atomic E-state index is -0.123. The first-order valence-corrected chi connectivity index (χ1v) is 6.64. The zero-order valence-electron chi connectivity index (χ0n) is 12.0. The van der Waals surface area contributed by atoms with Crippen LogP contribution in [0.25, 0.3) is 10.9 Å². The van der Waals surface area contributed by atoms with Crippen LogP contribution >= 0.6 is 0 Å². The highest BCUT2D eigenvalue weighted by Crippen LogP contribution is 2.30. The van der Waals surface area contributed by atoms with Crippen molar-refractivity contribution in [2.24, 2.45) is 7.05 Å². The molecule has 4 nitrogen and oxygen atoms in total. The van der Waals surface area contributed by atoms with Crippen LogP contribution in [0.3, 0.4) is 0 Å². The monoisotopic (exact) mass is 280 g/mol. The molecule has 106 valence electrons. The second-order valence-corrected chi connectivity index (χ2v) is 4.92. The summed E-state index contributed by atoms with van der Waals surface area (Å²) in [6.07, 6.45) is 1.83. The fourth-order valence-electron chi connectivity index (χ4n) is 2.62. The van der Waals surface area contributed by atoms with Gasteiger partial charge in [-0.25, -0.2) is 0 Å². The van der Waals surface area contributed by atoms with Gasteiger partial charge in [-0.2, -0.15) is 0 Å². The summed E-state index contributed by atoms with van der Waals surface area (Å²) in [6, 6.07) is 13.0. The van der Waals surface area contributed by atoms with Crippen LogP contribution in [-0.2, 0) is 7.05 Å². The van der Waals surface area contributed by atoms with Gasteiger partial charge in [0.25, 0.3) is 0 Å². The normalized spacial score (nSPS) is 10.8. The molecule has 1 heterocycles. The van der Waals surface area contributed by atoms with Gasteiger partial charge in [0.1, 0.15) is 5.75 Å². The molecule has 0 atom stereocenters. The third-order valence-electron chi connectivity index (χ3n) is 3.65. The van der Waals surface area contributed by atoms with Crippen LogP contribution < -0.4 is 10.5 Å². The van der Waals surface area contributed by atoms with Gasteiger partial charge in [0.2, 0.25) is 5.78 Å². The molecule has 0 saturated heterocycles. The smallest absolute Gasteiger partial charge is 0.200 e. The number of aryl methyl sites for hydroxylation is 1. The van der Waals surface area contributed by atoms with E-state index in [4.69, 9.17) is 10.5 Å². The van der Waals surface area contributed by atoms with E-state index in [1.165, 1.54) is 7.11 Å². The Morgan fingerprint density at radius 2 is 1.90 bits per heavy atom. The van der Waals surface area contributed by atoms with Gasteiger partial charge in [-0.1, -0.05) is 24.3 Å². The highest BCUT2D eigenvalue weighted by atomic mass is 16.5. The van der Waals surface area contributed by atoms with Crippen molar-refractivity contribution in [3.63, 3.8) is 0 Å². The predicted molar refractivity (Wildman–Crippen MR) is 83.8 cm³/mol. The summed E-state index contributed by atoms with van der Waals surface area (Å²) in [5.74, 6) is 0.370. The number of anilines is 1. The number of hydrogen-bond donors (Lipinski definition) is 1. The second-order valence-electron chi connectivity index (χ2n) is 4.92. The third-order valence-corrected chi connectivity index (χ3v) is 3.65. The molecule has 2 aromatic carbocycles. The lowest BCUT2D eigenvalue weighted by atomic mass is 10.0. The van der Waals surface area contributed by atoms with Gasteiger partial charge in [-0.05, 0) is 18.2 Å². The number of carbonyl (C=O) groups excluding carboxylic acids is 1. The van der Waals surface area contributed by atoms with Crippen molar-refractivity contribution in [1.29, 1.82) is 0 Å². The van der Waals surface area contributed by atoms with E-state index >= 15 is 0 Å². The van der Waals surface area contributed by atoms with E-state index in [0.717, 1.165) is 10.9 Å². The number of para-hydroxylation sites is 1. The molecule has 0 saturated carbocycles. The van der Waals surface area contributed by atoms with Gasteiger partial charge >= 0.3 is 0 Å². The molecule has 0 amide bonds. The highest BCUT2D eigenvalue weighted by Gasteiger charge is 2.21. The van der Waals surface area contributed by atoms with Crippen molar-refractivity contribution in [3.8, 4) is 5.75 Å². The summed E-state index contributed by atoms with van der Waals surface area (Å²) >= 11 is 0. The molecular weight excluding hydrogens is 264 g/mol. The molecular formula is C17H16N2O2. The summed E-state index contributed by atoms with van der Waals surface area (Å²) < 4.78 is 7.22. The first kappa shape index (κ1) is 13.2. The van der Waals surface area contributed by atoms with Crippen LogP contribution in [-0.4, -0.2) is 17.5 Å².